The van der Waals surface area contributed by atoms with Gasteiger partial charge in [-0.05, 0) is 61.1 Å². The van der Waals surface area contributed by atoms with Crippen LogP contribution in [0.25, 0.3) is 27.8 Å². The predicted octanol–water partition coefficient (Wildman–Crippen LogP) is 4.64. The smallest absolute Gasteiger partial charge is 0.287 e. The number of benzene rings is 2. The van der Waals surface area contributed by atoms with E-state index in [4.69, 9.17) is 10.8 Å². The summed E-state index contributed by atoms with van der Waals surface area (Å²) in [5, 5.41) is 10.3. The lowest BCUT2D eigenvalue weighted by molar-refractivity contribution is -0.133. The van der Waals surface area contributed by atoms with Crippen LogP contribution in [-0.2, 0) is 4.79 Å². The Hall–Kier alpha value is -4.52. The molecule has 2 fully saturated rings. The third-order valence-corrected chi connectivity index (χ3v) is 7.63. The molecule has 39 heavy (non-hydrogen) atoms. The molecule has 8 nitrogen and oxygen atoms in total. The molecule has 0 radical (unpaired) electrons. The van der Waals surface area contributed by atoms with Crippen LogP contribution in [0.3, 0.4) is 0 Å². The Morgan fingerprint density at radius 2 is 1.67 bits per heavy atom. The number of carbonyl (C=O) groups is 2. The Balaban J connectivity index is 1.23. The van der Waals surface area contributed by atoms with E-state index < -0.39 is 41.7 Å². The second-order valence-corrected chi connectivity index (χ2v) is 10.3. The number of nitrogens with one attached hydrogen (secondary N) is 2. The molecule has 2 aliphatic rings. The van der Waals surface area contributed by atoms with Crippen molar-refractivity contribution in [2.45, 2.75) is 55.5 Å². The van der Waals surface area contributed by atoms with Crippen molar-refractivity contribution < 1.29 is 22.8 Å². The summed E-state index contributed by atoms with van der Waals surface area (Å²) in [5.74, 6) is -1.50. The van der Waals surface area contributed by atoms with Crippen molar-refractivity contribution in [3.63, 3.8) is 0 Å². The summed E-state index contributed by atoms with van der Waals surface area (Å²) >= 11 is 0. The van der Waals surface area contributed by atoms with E-state index in [9.17, 15) is 18.4 Å². The Labute approximate surface area is 222 Å². The fraction of sp³-hybridized carbons (Fsp3) is 0.310. The Bertz CT molecular complexity index is 1590. The van der Waals surface area contributed by atoms with Crippen LogP contribution >= 0.6 is 0 Å². The molecule has 0 spiro atoms. The van der Waals surface area contributed by atoms with Crippen molar-refractivity contribution >= 4 is 22.8 Å². The number of halogens is 2. The zero-order valence-electron chi connectivity index (χ0n) is 20.9. The van der Waals surface area contributed by atoms with Gasteiger partial charge in [-0.2, -0.15) is 5.10 Å². The van der Waals surface area contributed by atoms with Crippen LogP contribution in [0.4, 0.5) is 8.78 Å². The van der Waals surface area contributed by atoms with Gasteiger partial charge < -0.3 is 15.1 Å². The highest BCUT2D eigenvalue weighted by atomic mass is 19.3. The number of hydrogen-bond acceptors (Lipinski definition) is 5. The van der Waals surface area contributed by atoms with Crippen LogP contribution < -0.4 is 10.6 Å². The second kappa shape index (κ2) is 9.05. The van der Waals surface area contributed by atoms with Crippen molar-refractivity contribution in [3.05, 3.63) is 66.9 Å². The third-order valence-electron chi connectivity index (χ3n) is 7.63. The van der Waals surface area contributed by atoms with Gasteiger partial charge in [0.1, 0.15) is 29.3 Å². The van der Waals surface area contributed by atoms with Gasteiger partial charge in [-0.25, -0.2) is 18.4 Å². The van der Waals surface area contributed by atoms with Crippen molar-refractivity contribution in [2.24, 2.45) is 0 Å². The van der Waals surface area contributed by atoms with Gasteiger partial charge in [0.05, 0.1) is 5.69 Å². The monoisotopic (exact) mass is 529 g/mol. The summed E-state index contributed by atoms with van der Waals surface area (Å²) in [6, 6.07) is 14.9. The van der Waals surface area contributed by atoms with Crippen LogP contribution in [0.5, 0.6) is 0 Å². The van der Waals surface area contributed by atoms with Crippen molar-refractivity contribution in [1.82, 2.24) is 25.4 Å². The van der Waals surface area contributed by atoms with Gasteiger partial charge in [0.25, 0.3) is 5.91 Å². The summed E-state index contributed by atoms with van der Waals surface area (Å²) in [7, 11) is 0. The molecule has 0 bridgehead atoms. The molecule has 0 saturated heterocycles. The van der Waals surface area contributed by atoms with Crippen molar-refractivity contribution in [1.29, 1.82) is 0 Å². The first-order chi connectivity index (χ1) is 18.7. The first-order valence-electron chi connectivity index (χ1n) is 12.7. The van der Waals surface area contributed by atoms with E-state index in [1.54, 1.807) is 17.1 Å². The molecule has 2 N–H and O–H groups in total. The number of nitrogens with zero attached hydrogens (tertiary/aromatic N) is 3. The van der Waals surface area contributed by atoms with Gasteiger partial charge in [0.2, 0.25) is 11.8 Å². The van der Waals surface area contributed by atoms with E-state index in [1.165, 1.54) is 6.33 Å². The topological polar surface area (TPSA) is 102 Å². The van der Waals surface area contributed by atoms with Gasteiger partial charge in [-0.3, -0.25) is 9.59 Å². The zero-order chi connectivity index (χ0) is 27.3. The minimum Gasteiger partial charge on any atom is -0.451 e. The molecule has 0 aliphatic heterocycles. The highest BCUT2D eigenvalue weighted by Gasteiger charge is 2.52. The number of aromatic nitrogens is 3. The summed E-state index contributed by atoms with van der Waals surface area (Å²) in [6.45, 7) is 0. The first-order valence-corrected chi connectivity index (χ1v) is 12.7. The molecule has 198 valence electrons. The first kappa shape index (κ1) is 24.8. The maximum Gasteiger partial charge on any atom is 0.287 e. The van der Waals surface area contributed by atoms with Gasteiger partial charge in [-0.15, -0.1) is 6.42 Å². The third kappa shape index (κ3) is 4.76. The molecule has 0 unspecified atom stereocenters. The molecule has 2 aliphatic carbocycles. The number of hydrogen-bond donors (Lipinski definition) is 2. The van der Waals surface area contributed by atoms with E-state index in [0.717, 1.165) is 16.8 Å². The standard InChI is InChI=1S/C29H25F2N5O3/c1-2-27(9-10-27)35-26(38)28(11-13-29(30,31)14-12-28)34-25(37)24-16-21-4-3-20(15-23(21)39-24)19-5-7-22(8-6-19)36-18-32-17-33-36/h1,3-8,15-18H,9-14H2,(H,34,37)(H,35,38). The Morgan fingerprint density at radius 3 is 2.31 bits per heavy atom. The average Bonchev–Trinajstić information content (AvgIpc) is 3.30. The average molecular weight is 530 g/mol. The summed E-state index contributed by atoms with van der Waals surface area (Å²) in [6.07, 6.45) is 8.44. The summed E-state index contributed by atoms with van der Waals surface area (Å²) < 4.78 is 35.5. The fourth-order valence-corrected chi connectivity index (χ4v) is 4.97. The van der Waals surface area contributed by atoms with E-state index in [1.807, 2.05) is 42.5 Å². The van der Waals surface area contributed by atoms with E-state index in [2.05, 4.69) is 26.6 Å². The van der Waals surface area contributed by atoms with E-state index >= 15 is 0 Å². The molecule has 2 amide bonds. The molecule has 2 aromatic heterocycles. The van der Waals surface area contributed by atoms with Crippen LogP contribution in [-0.4, -0.2) is 43.6 Å². The molecule has 4 aromatic rings. The van der Waals surface area contributed by atoms with E-state index in [-0.39, 0.29) is 18.6 Å². The number of carbonyl (C=O) groups excluding carboxylic acids is 2. The molecule has 0 atom stereocenters. The SMILES string of the molecule is C#CC1(NC(=O)C2(NC(=O)c3cc4ccc(-c5ccc(-n6cncn6)cc5)cc4o3)CCC(F)(F)CC2)CC1. The highest BCUT2D eigenvalue weighted by Crippen LogP contribution is 2.41. The second-order valence-electron chi connectivity index (χ2n) is 10.3. The lowest BCUT2D eigenvalue weighted by Gasteiger charge is -2.39. The number of amides is 2. The molecule has 2 aromatic carbocycles. The van der Waals surface area contributed by atoms with Gasteiger partial charge in [0, 0.05) is 18.2 Å². The Kier molecular flexibility index (Phi) is 5.75. The largest absolute Gasteiger partial charge is 0.451 e. The fourth-order valence-electron chi connectivity index (χ4n) is 4.97. The Morgan fingerprint density at radius 1 is 0.949 bits per heavy atom. The maximum atomic E-state index is 14.0. The van der Waals surface area contributed by atoms with Crippen molar-refractivity contribution in [2.75, 3.05) is 0 Å². The van der Waals surface area contributed by atoms with Crippen LogP contribution in [0.2, 0.25) is 0 Å². The molecular formula is C29H25F2N5O3. The lowest BCUT2D eigenvalue weighted by atomic mass is 9.78. The summed E-state index contributed by atoms with van der Waals surface area (Å²) in [4.78, 5) is 30.5. The zero-order valence-corrected chi connectivity index (χ0v) is 20.9. The van der Waals surface area contributed by atoms with Crippen molar-refractivity contribution in [3.8, 4) is 29.2 Å². The lowest BCUT2D eigenvalue weighted by Crippen LogP contribution is -2.62. The number of rotatable bonds is 6. The minimum absolute atomic E-state index is 0.00808. The quantitative estimate of drug-likeness (QED) is 0.355. The van der Waals surface area contributed by atoms with Gasteiger partial charge in [0.15, 0.2) is 5.76 Å². The molecule has 2 saturated carbocycles. The molecule has 10 heteroatoms. The molecule has 2 heterocycles. The predicted molar refractivity (Wildman–Crippen MR) is 139 cm³/mol. The normalized spacial score (nSPS) is 18.7. The van der Waals surface area contributed by atoms with Gasteiger partial charge >= 0.3 is 0 Å². The number of terminal acetylenes is 1. The number of alkyl halides is 2. The minimum atomic E-state index is -2.89. The number of furan rings is 1. The number of fused-ring (bicyclic) bond motifs is 1. The molecular weight excluding hydrogens is 504 g/mol. The van der Waals surface area contributed by atoms with E-state index in [0.29, 0.717) is 23.8 Å². The van der Waals surface area contributed by atoms with Crippen LogP contribution in [0.1, 0.15) is 49.1 Å². The molecule has 6 rings (SSSR count). The van der Waals surface area contributed by atoms with Crippen LogP contribution in [0.15, 0.2) is 65.6 Å². The highest BCUT2D eigenvalue weighted by molar-refractivity contribution is 6.00. The maximum absolute atomic E-state index is 14.0. The van der Waals surface area contributed by atoms with Gasteiger partial charge in [-0.1, -0.05) is 30.2 Å². The summed E-state index contributed by atoms with van der Waals surface area (Å²) in [5.41, 5.74) is 0.894. The van der Waals surface area contributed by atoms with Crippen LogP contribution in [0, 0.1) is 12.3 Å².